The molecular formula is C8H18N2. The van der Waals surface area contributed by atoms with Gasteiger partial charge in [-0.15, -0.1) is 0 Å². The van der Waals surface area contributed by atoms with E-state index in [-0.39, 0.29) is 6.04 Å². The van der Waals surface area contributed by atoms with E-state index in [9.17, 15) is 0 Å². The highest BCUT2D eigenvalue weighted by molar-refractivity contribution is 4.85. The molecule has 1 atom stereocenters. The molecule has 0 aromatic carbocycles. The first-order chi connectivity index (χ1) is 4.77. The minimum atomic E-state index is 0.290. The van der Waals surface area contributed by atoms with Gasteiger partial charge in [0, 0.05) is 12.6 Å². The summed E-state index contributed by atoms with van der Waals surface area (Å²) in [5.41, 5.74) is 5.54. The Morgan fingerprint density at radius 3 is 2.70 bits per heavy atom. The van der Waals surface area contributed by atoms with Crippen LogP contribution < -0.4 is 11.1 Å². The number of nitrogens with two attached hydrogens (primary N) is 1. The largest absolute Gasteiger partial charge is 0.328 e. The molecule has 10 heavy (non-hydrogen) atoms. The van der Waals surface area contributed by atoms with Gasteiger partial charge in [0.2, 0.25) is 0 Å². The van der Waals surface area contributed by atoms with E-state index in [0.717, 1.165) is 19.5 Å². The highest BCUT2D eigenvalue weighted by Crippen LogP contribution is 1.86. The molecule has 0 bridgehead atoms. The fraction of sp³-hybridized carbons (Fsp3) is 0.750. The van der Waals surface area contributed by atoms with Crippen LogP contribution in [0.15, 0.2) is 12.2 Å². The number of hydrogen-bond acceptors (Lipinski definition) is 2. The molecule has 0 heterocycles. The molecule has 3 N–H and O–H groups in total. The topological polar surface area (TPSA) is 38.0 Å². The zero-order valence-corrected chi connectivity index (χ0v) is 6.93. The summed E-state index contributed by atoms with van der Waals surface area (Å²) < 4.78 is 0. The maximum Gasteiger partial charge on any atom is 0.0134 e. The summed E-state index contributed by atoms with van der Waals surface area (Å²) in [6.45, 7) is 6.10. The van der Waals surface area contributed by atoms with Crippen LogP contribution in [0, 0.1) is 0 Å². The number of likely N-dealkylation sites (N-methyl/N-ethyl adjacent to an activating group) is 1. The van der Waals surface area contributed by atoms with Gasteiger partial charge in [0.1, 0.15) is 0 Å². The standard InChI is InChI=1S/C8H18N2/c1-3-10-7-5-4-6-8(2)9/h4-5,8,10H,3,6-7,9H2,1-2H3/b5-4-. The lowest BCUT2D eigenvalue weighted by Gasteiger charge is -1.97. The van der Waals surface area contributed by atoms with Crippen molar-refractivity contribution in [2.24, 2.45) is 5.73 Å². The number of rotatable bonds is 5. The lowest BCUT2D eigenvalue weighted by atomic mass is 10.2. The Morgan fingerprint density at radius 2 is 2.20 bits per heavy atom. The van der Waals surface area contributed by atoms with Crippen LogP contribution in [0.1, 0.15) is 20.3 Å². The molecule has 0 aromatic rings. The molecule has 0 aliphatic carbocycles. The number of nitrogens with one attached hydrogen (secondary N) is 1. The maximum absolute atomic E-state index is 5.54. The summed E-state index contributed by atoms with van der Waals surface area (Å²) in [4.78, 5) is 0. The van der Waals surface area contributed by atoms with Crippen molar-refractivity contribution in [3.63, 3.8) is 0 Å². The maximum atomic E-state index is 5.54. The Kier molecular flexibility index (Phi) is 6.55. The summed E-state index contributed by atoms with van der Waals surface area (Å²) in [5, 5.41) is 3.19. The third kappa shape index (κ3) is 7.66. The third-order valence-electron chi connectivity index (χ3n) is 1.19. The van der Waals surface area contributed by atoms with Crippen LogP contribution in [0.4, 0.5) is 0 Å². The van der Waals surface area contributed by atoms with E-state index in [2.05, 4.69) is 24.4 Å². The molecule has 1 unspecified atom stereocenters. The molecule has 0 amide bonds. The van der Waals surface area contributed by atoms with E-state index in [0.29, 0.717) is 0 Å². The second kappa shape index (κ2) is 6.78. The van der Waals surface area contributed by atoms with E-state index < -0.39 is 0 Å². The summed E-state index contributed by atoms with van der Waals surface area (Å²) in [6, 6.07) is 0.290. The molecule has 0 spiro atoms. The van der Waals surface area contributed by atoms with Crippen molar-refractivity contribution in [3.8, 4) is 0 Å². The van der Waals surface area contributed by atoms with Gasteiger partial charge in [-0.25, -0.2) is 0 Å². The summed E-state index contributed by atoms with van der Waals surface area (Å²) in [7, 11) is 0. The van der Waals surface area contributed by atoms with Crippen LogP contribution in [0.2, 0.25) is 0 Å². The normalized spacial score (nSPS) is 14.3. The van der Waals surface area contributed by atoms with Crippen LogP contribution >= 0.6 is 0 Å². The Balaban J connectivity index is 3.04. The van der Waals surface area contributed by atoms with E-state index in [1.807, 2.05) is 6.92 Å². The van der Waals surface area contributed by atoms with Crippen molar-refractivity contribution in [1.29, 1.82) is 0 Å². The highest BCUT2D eigenvalue weighted by Gasteiger charge is 1.85. The summed E-state index contributed by atoms with van der Waals surface area (Å²) in [5.74, 6) is 0. The first-order valence-electron chi connectivity index (χ1n) is 3.88. The minimum Gasteiger partial charge on any atom is -0.328 e. The molecule has 0 aliphatic heterocycles. The predicted octanol–water partition coefficient (Wildman–Crippen LogP) is 0.889. The van der Waals surface area contributed by atoms with E-state index in [4.69, 9.17) is 5.73 Å². The molecule has 0 saturated carbocycles. The van der Waals surface area contributed by atoms with Crippen molar-refractivity contribution in [2.45, 2.75) is 26.3 Å². The Hall–Kier alpha value is -0.340. The second-order valence-corrected chi connectivity index (χ2v) is 2.49. The average Bonchev–Trinajstić information content (AvgIpc) is 1.87. The van der Waals surface area contributed by atoms with Crippen LogP contribution in [0.25, 0.3) is 0 Å². The first-order valence-corrected chi connectivity index (χ1v) is 3.88. The number of hydrogen-bond donors (Lipinski definition) is 2. The molecule has 0 rings (SSSR count). The van der Waals surface area contributed by atoms with Crippen molar-refractivity contribution in [3.05, 3.63) is 12.2 Å². The lowest BCUT2D eigenvalue weighted by molar-refractivity contribution is 0.749. The highest BCUT2D eigenvalue weighted by atomic mass is 14.8. The SMILES string of the molecule is CCNC/C=C\CC(C)N. The van der Waals surface area contributed by atoms with E-state index in [1.54, 1.807) is 0 Å². The lowest BCUT2D eigenvalue weighted by Crippen LogP contribution is -2.14. The predicted molar refractivity (Wildman–Crippen MR) is 46.0 cm³/mol. The van der Waals surface area contributed by atoms with Gasteiger partial charge >= 0.3 is 0 Å². The second-order valence-electron chi connectivity index (χ2n) is 2.49. The average molecular weight is 142 g/mol. The molecule has 0 aliphatic rings. The molecule has 0 fully saturated rings. The third-order valence-corrected chi connectivity index (χ3v) is 1.19. The van der Waals surface area contributed by atoms with Crippen LogP contribution in [-0.4, -0.2) is 19.1 Å². The van der Waals surface area contributed by atoms with Gasteiger partial charge in [0.15, 0.2) is 0 Å². The van der Waals surface area contributed by atoms with Crippen molar-refractivity contribution >= 4 is 0 Å². The van der Waals surface area contributed by atoms with Gasteiger partial charge in [0.25, 0.3) is 0 Å². The van der Waals surface area contributed by atoms with Gasteiger partial charge < -0.3 is 11.1 Å². The van der Waals surface area contributed by atoms with Crippen molar-refractivity contribution in [2.75, 3.05) is 13.1 Å². The van der Waals surface area contributed by atoms with Crippen LogP contribution in [0.3, 0.4) is 0 Å². The molecule has 0 saturated heterocycles. The Bertz CT molecular complexity index is 87.3. The fourth-order valence-electron chi connectivity index (χ4n) is 0.622. The Labute approximate surface area is 63.5 Å². The summed E-state index contributed by atoms with van der Waals surface area (Å²) in [6.07, 6.45) is 5.21. The zero-order chi connectivity index (χ0) is 7.82. The zero-order valence-electron chi connectivity index (χ0n) is 6.93. The van der Waals surface area contributed by atoms with Gasteiger partial charge in [-0.05, 0) is 19.9 Å². The monoisotopic (exact) mass is 142 g/mol. The fourth-order valence-corrected chi connectivity index (χ4v) is 0.622. The van der Waals surface area contributed by atoms with Gasteiger partial charge in [0.05, 0.1) is 0 Å². The first kappa shape index (κ1) is 9.66. The molecule has 2 heteroatoms. The van der Waals surface area contributed by atoms with Gasteiger partial charge in [-0.1, -0.05) is 19.1 Å². The molecule has 2 nitrogen and oxygen atoms in total. The Morgan fingerprint density at radius 1 is 1.50 bits per heavy atom. The van der Waals surface area contributed by atoms with Gasteiger partial charge in [-0.2, -0.15) is 0 Å². The van der Waals surface area contributed by atoms with Crippen LogP contribution in [-0.2, 0) is 0 Å². The van der Waals surface area contributed by atoms with Crippen molar-refractivity contribution in [1.82, 2.24) is 5.32 Å². The molecule has 0 radical (unpaired) electrons. The molecule has 0 aromatic heterocycles. The molecule has 60 valence electrons. The van der Waals surface area contributed by atoms with E-state index in [1.165, 1.54) is 0 Å². The smallest absolute Gasteiger partial charge is 0.0134 e. The van der Waals surface area contributed by atoms with Gasteiger partial charge in [-0.3, -0.25) is 0 Å². The quantitative estimate of drug-likeness (QED) is 0.442. The summed E-state index contributed by atoms with van der Waals surface area (Å²) >= 11 is 0. The molecular weight excluding hydrogens is 124 g/mol. The minimum absolute atomic E-state index is 0.290. The van der Waals surface area contributed by atoms with Crippen LogP contribution in [0.5, 0.6) is 0 Å². The van der Waals surface area contributed by atoms with E-state index >= 15 is 0 Å². The van der Waals surface area contributed by atoms with Crippen molar-refractivity contribution < 1.29 is 0 Å².